The molecule has 0 aliphatic heterocycles. The van der Waals surface area contributed by atoms with Crippen LogP contribution in [-0.2, 0) is 42.7 Å². The highest BCUT2D eigenvalue weighted by Crippen LogP contribution is 2.04. The maximum absolute atomic E-state index is 10.6. The second kappa shape index (κ2) is 4.97. The van der Waals surface area contributed by atoms with E-state index in [-0.39, 0.29) is 0 Å². The van der Waals surface area contributed by atoms with Crippen LogP contribution in [0.3, 0.4) is 0 Å². The third kappa shape index (κ3) is 10.3. The van der Waals surface area contributed by atoms with Gasteiger partial charge in [0.25, 0.3) is 30.4 Å². The molecular weight excluding hydrogens is 287 g/mol. The van der Waals surface area contributed by atoms with Crippen LogP contribution in [0, 0.1) is 0 Å². The summed E-state index contributed by atoms with van der Waals surface area (Å²) in [5.74, 6) is 0. The van der Waals surface area contributed by atoms with Crippen molar-refractivity contribution < 1.29 is 37.6 Å². The van der Waals surface area contributed by atoms with Crippen LogP contribution in [-0.4, -0.2) is 51.3 Å². The molecule has 0 N–H and O–H groups in total. The van der Waals surface area contributed by atoms with E-state index in [2.05, 4.69) is 12.3 Å². The molecule has 0 aliphatic carbocycles. The molecule has 0 heterocycles. The molecule has 0 aliphatic rings. The molecule has 9 nitrogen and oxygen atoms in total. The monoisotopic (exact) mass is 296 g/mol. The molecule has 0 fully saturated rings. The molecule has 0 spiro atoms. The van der Waals surface area contributed by atoms with Crippen LogP contribution in [0.25, 0.3) is 0 Å². The number of rotatable bonds is 6. The normalized spacial score (nSPS) is 13.7. The average Bonchev–Trinajstić information content (AvgIpc) is 1.70. The summed E-state index contributed by atoms with van der Waals surface area (Å²) >= 11 is 0. The summed E-state index contributed by atoms with van der Waals surface area (Å²) in [6, 6.07) is 0. The molecule has 0 saturated carbocycles. The van der Waals surface area contributed by atoms with Crippen molar-refractivity contribution in [2.45, 2.75) is 0 Å². The van der Waals surface area contributed by atoms with Gasteiger partial charge in [-0.15, -0.1) is 0 Å². The van der Waals surface area contributed by atoms with Crippen molar-refractivity contribution in [1.29, 1.82) is 0 Å². The number of hydrogen-bond donors (Lipinski definition) is 0. The van der Waals surface area contributed by atoms with Crippen molar-refractivity contribution in [2.75, 3.05) is 18.8 Å². The second-order valence-electron chi connectivity index (χ2n) is 2.69. The van der Waals surface area contributed by atoms with Crippen LogP contribution < -0.4 is 0 Å². The van der Waals surface area contributed by atoms with E-state index in [0.29, 0.717) is 18.8 Å². The van der Waals surface area contributed by atoms with Crippen LogP contribution in [0.15, 0.2) is 0 Å². The van der Waals surface area contributed by atoms with Gasteiger partial charge >= 0.3 is 7.32 Å². The van der Waals surface area contributed by atoms with Crippen LogP contribution in [0.1, 0.15) is 0 Å². The quantitative estimate of drug-likeness (QED) is 0.506. The zero-order valence-corrected chi connectivity index (χ0v) is 10.9. The molecule has 0 atom stereocenters. The van der Waals surface area contributed by atoms with Gasteiger partial charge in [0.05, 0.1) is 18.8 Å². The number of hydrogen-bond acceptors (Lipinski definition) is 9. The molecule has 0 rings (SSSR count). The maximum atomic E-state index is 10.6. The van der Waals surface area contributed by atoms with Crippen molar-refractivity contribution >= 4 is 37.7 Å². The van der Waals surface area contributed by atoms with Gasteiger partial charge in [-0.05, 0) is 0 Å². The Morgan fingerprint density at radius 1 is 0.625 bits per heavy atom. The highest BCUT2D eigenvalue weighted by Gasteiger charge is 2.35. The van der Waals surface area contributed by atoms with Gasteiger partial charge < -0.3 is 0 Å². The Morgan fingerprint density at radius 3 is 0.938 bits per heavy atom. The van der Waals surface area contributed by atoms with Gasteiger partial charge in [-0.1, -0.05) is 0 Å². The van der Waals surface area contributed by atoms with Crippen molar-refractivity contribution in [1.82, 2.24) is 0 Å². The molecule has 0 aromatic rings. The largest absolute Gasteiger partial charge is 0.684 e. The zero-order chi connectivity index (χ0) is 13.2. The van der Waals surface area contributed by atoms with Gasteiger partial charge in [0, 0.05) is 0 Å². The predicted molar refractivity (Wildman–Crippen MR) is 53.5 cm³/mol. The van der Waals surface area contributed by atoms with Crippen LogP contribution >= 0.6 is 0 Å². The highest BCUT2D eigenvalue weighted by molar-refractivity contribution is 7.89. The summed E-state index contributed by atoms with van der Waals surface area (Å²) in [6.45, 7) is 0. The molecule has 96 valence electrons. The van der Waals surface area contributed by atoms with E-state index in [1.807, 2.05) is 0 Å². The first-order chi connectivity index (χ1) is 6.79. The third-order valence-corrected chi connectivity index (χ3v) is 2.28. The topological polar surface area (TPSA) is 130 Å². The minimum atomic E-state index is -4.15. The Balaban J connectivity index is 4.93. The van der Waals surface area contributed by atoms with Crippen LogP contribution in [0.5, 0.6) is 0 Å². The molecular formula is C3H9BO9S3. The van der Waals surface area contributed by atoms with Gasteiger partial charge in [0.1, 0.15) is 0 Å². The molecule has 0 amide bonds. The summed E-state index contributed by atoms with van der Waals surface area (Å²) in [5.41, 5.74) is 0. The summed E-state index contributed by atoms with van der Waals surface area (Å²) < 4.78 is 75.7. The van der Waals surface area contributed by atoms with Gasteiger partial charge in [-0.25, -0.2) is 25.3 Å². The average molecular weight is 296 g/mol. The molecule has 0 aromatic heterocycles. The zero-order valence-electron chi connectivity index (χ0n) is 8.48. The van der Waals surface area contributed by atoms with Crippen LogP contribution in [0.4, 0.5) is 0 Å². The lowest BCUT2D eigenvalue weighted by atomic mass is 10.3. The first-order valence-electron chi connectivity index (χ1n) is 3.43. The molecule has 0 bridgehead atoms. The summed E-state index contributed by atoms with van der Waals surface area (Å²) in [5, 5.41) is 0. The summed E-state index contributed by atoms with van der Waals surface area (Å²) in [4.78, 5) is 0. The fraction of sp³-hybridized carbons (Fsp3) is 1.00. The van der Waals surface area contributed by atoms with E-state index in [9.17, 15) is 25.3 Å². The van der Waals surface area contributed by atoms with Crippen molar-refractivity contribution in [3.05, 3.63) is 0 Å². The Labute approximate surface area is 94.2 Å². The lowest BCUT2D eigenvalue weighted by molar-refractivity contribution is 0.316. The molecule has 0 radical (unpaired) electrons. The van der Waals surface area contributed by atoms with E-state index < -0.39 is 37.7 Å². The predicted octanol–water partition coefficient (Wildman–Crippen LogP) is -2.10. The molecule has 13 heteroatoms. The summed E-state index contributed by atoms with van der Waals surface area (Å²) in [7, 11) is -14.8. The van der Waals surface area contributed by atoms with Crippen molar-refractivity contribution in [2.24, 2.45) is 0 Å². The third-order valence-electron chi connectivity index (χ3n) is 0.760. The van der Waals surface area contributed by atoms with Crippen molar-refractivity contribution in [3.8, 4) is 0 Å². The first kappa shape index (κ1) is 15.8. The molecule has 0 unspecified atom stereocenters. The molecule has 0 saturated heterocycles. The lowest BCUT2D eigenvalue weighted by Crippen LogP contribution is -2.33. The van der Waals surface area contributed by atoms with E-state index in [4.69, 9.17) is 0 Å². The smallest absolute Gasteiger partial charge is 0.270 e. The van der Waals surface area contributed by atoms with Crippen LogP contribution in [0.2, 0.25) is 0 Å². The maximum Gasteiger partial charge on any atom is 0.684 e. The van der Waals surface area contributed by atoms with E-state index in [1.165, 1.54) is 0 Å². The minimum Gasteiger partial charge on any atom is -0.270 e. The second-order valence-corrected chi connectivity index (χ2v) is 7.49. The van der Waals surface area contributed by atoms with Crippen molar-refractivity contribution in [3.63, 3.8) is 0 Å². The molecule has 0 aromatic carbocycles. The van der Waals surface area contributed by atoms with Gasteiger partial charge in [-0.3, -0.25) is 12.3 Å². The standard InChI is InChI=1S/C3H9BO9S3/c1-14(5,6)11-4(12-15(2,7)8)13-16(3,9)10/h1-3H3. The highest BCUT2D eigenvalue weighted by atomic mass is 32.2. The minimum absolute atomic E-state index is 0.567. The van der Waals surface area contributed by atoms with E-state index >= 15 is 0 Å². The molecule has 16 heavy (non-hydrogen) atoms. The lowest BCUT2D eigenvalue weighted by Gasteiger charge is -2.09. The van der Waals surface area contributed by atoms with Gasteiger partial charge in [-0.2, -0.15) is 0 Å². The Morgan fingerprint density at radius 2 is 0.812 bits per heavy atom. The first-order valence-corrected chi connectivity index (χ1v) is 8.88. The SMILES string of the molecule is CS(=O)(=O)OB(OS(C)(=O)=O)OS(C)(=O)=O. The van der Waals surface area contributed by atoms with E-state index in [1.54, 1.807) is 0 Å². The van der Waals surface area contributed by atoms with E-state index in [0.717, 1.165) is 0 Å². The Kier molecular flexibility index (Phi) is 4.91. The summed E-state index contributed by atoms with van der Waals surface area (Å²) in [6.07, 6.45) is 1.70. The fourth-order valence-electron chi connectivity index (χ4n) is 0.476. The fourth-order valence-corrected chi connectivity index (χ4v) is 1.72. The van der Waals surface area contributed by atoms with Gasteiger partial charge in [0.2, 0.25) is 0 Å². The Hall–Kier alpha value is -0.205. The van der Waals surface area contributed by atoms with Gasteiger partial charge in [0.15, 0.2) is 0 Å². The Bertz CT molecular complexity index is 446.